The predicted octanol–water partition coefficient (Wildman–Crippen LogP) is 0.690. The van der Waals surface area contributed by atoms with Gasteiger partial charge in [-0.3, -0.25) is 0 Å². The molecule has 4 nitrogen and oxygen atoms in total. The molecule has 0 aliphatic carbocycles. The molecular formula is C9H11NO3S. The molecule has 1 saturated heterocycles. The van der Waals surface area contributed by atoms with Gasteiger partial charge >= 0.3 is 5.97 Å². The van der Waals surface area contributed by atoms with Gasteiger partial charge in [0.15, 0.2) is 0 Å². The van der Waals surface area contributed by atoms with Crippen LogP contribution in [-0.4, -0.2) is 25.3 Å². The van der Waals surface area contributed by atoms with Crippen LogP contribution in [0.1, 0.15) is 10.9 Å². The first-order valence-corrected chi connectivity index (χ1v) is 5.22. The molecule has 0 bridgehead atoms. The highest BCUT2D eigenvalue weighted by molar-refractivity contribution is 7.10. The molecule has 1 aliphatic heterocycles. The number of esters is 1. The van der Waals surface area contributed by atoms with E-state index < -0.39 is 6.04 Å². The Morgan fingerprint density at radius 1 is 1.71 bits per heavy atom. The lowest BCUT2D eigenvalue weighted by Gasteiger charge is -2.26. The van der Waals surface area contributed by atoms with Crippen LogP contribution in [0.5, 0.6) is 0 Å². The number of ether oxygens (including phenoxy) is 2. The number of nitrogens with two attached hydrogens (primary N) is 1. The fourth-order valence-corrected chi connectivity index (χ4v) is 1.82. The van der Waals surface area contributed by atoms with Crippen molar-refractivity contribution in [3.63, 3.8) is 0 Å². The normalized spacial score (nSPS) is 18.6. The molecule has 1 aliphatic rings. The summed E-state index contributed by atoms with van der Waals surface area (Å²) in [6.07, 6.45) is -0.103. The van der Waals surface area contributed by atoms with Crippen LogP contribution in [0.3, 0.4) is 0 Å². The third kappa shape index (κ3) is 1.95. The summed E-state index contributed by atoms with van der Waals surface area (Å²) in [6, 6.07) is 3.03. The van der Waals surface area contributed by atoms with E-state index in [9.17, 15) is 4.79 Å². The van der Waals surface area contributed by atoms with E-state index in [1.807, 2.05) is 17.5 Å². The Morgan fingerprint density at radius 2 is 2.50 bits per heavy atom. The Hall–Kier alpha value is -0.910. The number of carbonyl (C=O) groups excluding carboxylic acids is 1. The van der Waals surface area contributed by atoms with Gasteiger partial charge in [0.05, 0.1) is 13.2 Å². The van der Waals surface area contributed by atoms with Crippen molar-refractivity contribution in [2.24, 2.45) is 5.73 Å². The van der Waals surface area contributed by atoms with Crippen molar-refractivity contribution < 1.29 is 14.3 Å². The van der Waals surface area contributed by atoms with Crippen molar-refractivity contribution in [1.29, 1.82) is 0 Å². The molecule has 0 aromatic carbocycles. The molecule has 2 N–H and O–H groups in total. The highest BCUT2D eigenvalue weighted by Gasteiger charge is 2.26. The molecule has 76 valence electrons. The van der Waals surface area contributed by atoms with Crippen LogP contribution in [0.25, 0.3) is 0 Å². The zero-order chi connectivity index (χ0) is 9.97. The average Bonchev–Trinajstić information content (AvgIpc) is 2.62. The molecule has 1 atom stereocenters. The summed E-state index contributed by atoms with van der Waals surface area (Å²) < 4.78 is 9.98. The van der Waals surface area contributed by atoms with E-state index in [2.05, 4.69) is 0 Å². The Labute approximate surface area is 85.6 Å². The maximum absolute atomic E-state index is 11.4. The average molecular weight is 213 g/mol. The van der Waals surface area contributed by atoms with E-state index in [1.54, 1.807) is 0 Å². The van der Waals surface area contributed by atoms with Gasteiger partial charge in [-0.15, -0.1) is 11.3 Å². The SMILES string of the molecule is NC(C(=O)OC1COC1)c1cccs1. The minimum absolute atomic E-state index is 0.103. The van der Waals surface area contributed by atoms with Gasteiger partial charge in [0.25, 0.3) is 0 Å². The minimum Gasteiger partial charge on any atom is -0.456 e. The summed E-state index contributed by atoms with van der Waals surface area (Å²) in [7, 11) is 0. The lowest BCUT2D eigenvalue weighted by Crippen LogP contribution is -2.40. The van der Waals surface area contributed by atoms with Crippen LogP contribution in [0.15, 0.2) is 17.5 Å². The molecule has 1 fully saturated rings. The van der Waals surface area contributed by atoms with E-state index >= 15 is 0 Å². The Balaban J connectivity index is 1.90. The summed E-state index contributed by atoms with van der Waals surface area (Å²) in [5.41, 5.74) is 5.71. The van der Waals surface area contributed by atoms with Crippen LogP contribution in [0.2, 0.25) is 0 Å². The van der Waals surface area contributed by atoms with Crippen molar-refractivity contribution in [2.75, 3.05) is 13.2 Å². The zero-order valence-electron chi connectivity index (χ0n) is 7.51. The molecule has 5 heteroatoms. The molecule has 2 heterocycles. The topological polar surface area (TPSA) is 61.6 Å². The van der Waals surface area contributed by atoms with Gasteiger partial charge < -0.3 is 15.2 Å². The van der Waals surface area contributed by atoms with Gasteiger partial charge in [0, 0.05) is 4.88 Å². The molecule has 2 rings (SSSR count). The quantitative estimate of drug-likeness (QED) is 0.750. The lowest BCUT2D eigenvalue weighted by molar-refractivity contribution is -0.173. The Bertz CT molecular complexity index is 308. The second kappa shape index (κ2) is 4.08. The second-order valence-corrected chi connectivity index (χ2v) is 4.07. The van der Waals surface area contributed by atoms with Crippen molar-refractivity contribution in [1.82, 2.24) is 0 Å². The number of hydrogen-bond donors (Lipinski definition) is 1. The highest BCUT2D eigenvalue weighted by Crippen LogP contribution is 2.19. The van der Waals surface area contributed by atoms with Crippen molar-refractivity contribution >= 4 is 17.3 Å². The first-order valence-electron chi connectivity index (χ1n) is 4.34. The third-order valence-corrected chi connectivity index (χ3v) is 2.95. The second-order valence-electron chi connectivity index (χ2n) is 3.09. The molecule has 0 spiro atoms. The number of hydrogen-bond acceptors (Lipinski definition) is 5. The molecule has 14 heavy (non-hydrogen) atoms. The highest BCUT2D eigenvalue weighted by atomic mass is 32.1. The fourth-order valence-electron chi connectivity index (χ4n) is 1.10. The molecule has 1 aromatic rings. The van der Waals surface area contributed by atoms with E-state index in [4.69, 9.17) is 15.2 Å². The molecule has 0 radical (unpaired) electrons. The number of rotatable bonds is 3. The maximum Gasteiger partial charge on any atom is 0.328 e. The lowest BCUT2D eigenvalue weighted by atomic mass is 10.2. The standard InChI is InChI=1S/C9H11NO3S/c10-8(7-2-1-3-14-7)9(11)13-6-4-12-5-6/h1-3,6,8H,4-5,10H2. The van der Waals surface area contributed by atoms with Crippen LogP contribution in [0.4, 0.5) is 0 Å². The van der Waals surface area contributed by atoms with Gasteiger partial charge in [-0.1, -0.05) is 6.07 Å². The summed E-state index contributed by atoms with van der Waals surface area (Å²) in [5, 5.41) is 1.88. The summed E-state index contributed by atoms with van der Waals surface area (Å²) in [4.78, 5) is 12.3. The molecular weight excluding hydrogens is 202 g/mol. The minimum atomic E-state index is -0.657. The first-order chi connectivity index (χ1) is 6.77. The third-order valence-electron chi connectivity index (χ3n) is 1.99. The van der Waals surface area contributed by atoms with Crippen molar-refractivity contribution in [2.45, 2.75) is 12.1 Å². The van der Waals surface area contributed by atoms with Gasteiger partial charge in [0.2, 0.25) is 0 Å². The van der Waals surface area contributed by atoms with Crippen LogP contribution in [-0.2, 0) is 14.3 Å². The molecule has 1 aromatic heterocycles. The van der Waals surface area contributed by atoms with Crippen molar-refractivity contribution in [3.05, 3.63) is 22.4 Å². The largest absolute Gasteiger partial charge is 0.456 e. The number of carbonyl (C=O) groups is 1. The Kier molecular flexibility index (Phi) is 2.81. The summed E-state index contributed by atoms with van der Waals surface area (Å²) in [5.74, 6) is -0.374. The van der Waals surface area contributed by atoms with Gasteiger partial charge in [-0.25, -0.2) is 4.79 Å². The van der Waals surface area contributed by atoms with E-state index in [-0.39, 0.29) is 12.1 Å². The van der Waals surface area contributed by atoms with Crippen LogP contribution < -0.4 is 5.73 Å². The van der Waals surface area contributed by atoms with E-state index in [0.717, 1.165) is 4.88 Å². The van der Waals surface area contributed by atoms with Crippen molar-refractivity contribution in [3.8, 4) is 0 Å². The van der Waals surface area contributed by atoms with Gasteiger partial charge in [-0.05, 0) is 11.4 Å². The van der Waals surface area contributed by atoms with E-state index in [1.165, 1.54) is 11.3 Å². The molecule has 0 amide bonds. The predicted molar refractivity (Wildman–Crippen MR) is 51.9 cm³/mol. The zero-order valence-corrected chi connectivity index (χ0v) is 8.33. The maximum atomic E-state index is 11.4. The molecule has 1 unspecified atom stereocenters. The smallest absolute Gasteiger partial charge is 0.328 e. The Morgan fingerprint density at radius 3 is 3.00 bits per heavy atom. The summed E-state index contributed by atoms with van der Waals surface area (Å²) >= 11 is 1.45. The van der Waals surface area contributed by atoms with Crippen LogP contribution in [0, 0.1) is 0 Å². The van der Waals surface area contributed by atoms with Gasteiger partial charge in [-0.2, -0.15) is 0 Å². The van der Waals surface area contributed by atoms with E-state index in [0.29, 0.717) is 13.2 Å². The summed E-state index contributed by atoms with van der Waals surface area (Å²) in [6.45, 7) is 0.978. The number of thiophene rings is 1. The monoisotopic (exact) mass is 213 g/mol. The molecule has 0 saturated carbocycles. The van der Waals surface area contributed by atoms with Gasteiger partial charge in [0.1, 0.15) is 12.1 Å². The fraction of sp³-hybridized carbons (Fsp3) is 0.444. The van der Waals surface area contributed by atoms with Crippen LogP contribution >= 0.6 is 11.3 Å². The first kappa shape index (κ1) is 9.64.